The summed E-state index contributed by atoms with van der Waals surface area (Å²) < 4.78 is 5.28. The van der Waals surface area contributed by atoms with Gasteiger partial charge in [-0.1, -0.05) is 0 Å². The molecule has 0 spiro atoms. The maximum atomic E-state index is 11.4. The van der Waals surface area contributed by atoms with Crippen molar-refractivity contribution in [2.75, 3.05) is 32.8 Å². The van der Waals surface area contributed by atoms with E-state index < -0.39 is 5.03 Å². The summed E-state index contributed by atoms with van der Waals surface area (Å²) in [6.07, 6.45) is 0.947. The second kappa shape index (κ2) is 5.30. The topological polar surface area (TPSA) is 88.3 Å². The van der Waals surface area contributed by atoms with Crippen LogP contribution < -0.4 is 0 Å². The first-order chi connectivity index (χ1) is 8.58. The number of ether oxygens (including phenoxy) is 1. The van der Waals surface area contributed by atoms with Crippen LogP contribution in [0.2, 0.25) is 0 Å². The smallest absolute Gasteiger partial charge is 0.280 e. The second-order valence-corrected chi connectivity index (χ2v) is 4.48. The summed E-state index contributed by atoms with van der Waals surface area (Å²) in [6, 6.07) is 0. The van der Waals surface area contributed by atoms with Gasteiger partial charge in [-0.05, 0) is 6.42 Å². The van der Waals surface area contributed by atoms with Gasteiger partial charge in [0.05, 0.1) is 6.61 Å². The quantitative estimate of drug-likeness (QED) is 0.512. The summed E-state index contributed by atoms with van der Waals surface area (Å²) in [5, 5.41) is 13.1. The molecule has 0 N–H and O–H groups in total. The van der Waals surface area contributed by atoms with Crippen LogP contribution in [0.5, 0.6) is 0 Å². The van der Waals surface area contributed by atoms with Gasteiger partial charge in [0.1, 0.15) is 5.10 Å². The van der Waals surface area contributed by atoms with E-state index in [1.165, 1.54) is 11.8 Å². The molecule has 0 saturated carbocycles. The van der Waals surface area contributed by atoms with Crippen molar-refractivity contribution in [3.8, 4) is 0 Å². The lowest BCUT2D eigenvalue weighted by atomic mass is 10.1. The predicted octanol–water partition coefficient (Wildman–Crippen LogP) is -0.265. The third-order valence-electron chi connectivity index (χ3n) is 3.17. The first-order valence-electron chi connectivity index (χ1n) is 5.91. The van der Waals surface area contributed by atoms with E-state index in [1.54, 1.807) is 4.90 Å². The number of hydrogen-bond donors (Lipinski definition) is 0. The Bertz CT molecular complexity index is 378. The average Bonchev–Trinajstić information content (AvgIpc) is 2.89. The van der Waals surface area contributed by atoms with Crippen LogP contribution in [0.1, 0.15) is 13.3 Å². The number of carbonyl (C=O) groups is 1. The molecule has 2 fully saturated rings. The summed E-state index contributed by atoms with van der Waals surface area (Å²) in [5.41, 5.74) is 0. The van der Waals surface area contributed by atoms with Crippen molar-refractivity contribution >= 4 is 11.9 Å². The molecule has 100 valence electrons. The zero-order valence-corrected chi connectivity index (χ0v) is 10.2. The Kier molecular flexibility index (Phi) is 3.75. The molecule has 1 unspecified atom stereocenters. The van der Waals surface area contributed by atoms with Crippen molar-refractivity contribution in [1.29, 1.82) is 0 Å². The summed E-state index contributed by atoms with van der Waals surface area (Å²) in [5.74, 6) is 0.286. The zero-order valence-electron chi connectivity index (χ0n) is 10.2. The monoisotopic (exact) mass is 256 g/mol. The van der Waals surface area contributed by atoms with Crippen LogP contribution in [-0.2, 0) is 9.53 Å². The van der Waals surface area contributed by atoms with E-state index in [9.17, 15) is 14.9 Å². The lowest BCUT2D eigenvalue weighted by Crippen LogP contribution is -2.39. The SMILES string of the molecule is CC(=O)N1CCN(CC2CCOC2)/C1=N\[N+](=O)[O-]. The minimum absolute atomic E-state index is 0.152. The third-order valence-corrected chi connectivity index (χ3v) is 3.17. The molecule has 0 aromatic heterocycles. The molecule has 2 rings (SSSR count). The van der Waals surface area contributed by atoms with Gasteiger partial charge in [0.25, 0.3) is 5.96 Å². The molecule has 18 heavy (non-hydrogen) atoms. The van der Waals surface area contributed by atoms with Crippen LogP contribution in [0.15, 0.2) is 5.10 Å². The van der Waals surface area contributed by atoms with Gasteiger partial charge >= 0.3 is 0 Å². The van der Waals surface area contributed by atoms with Gasteiger partial charge in [0.2, 0.25) is 5.91 Å². The summed E-state index contributed by atoms with van der Waals surface area (Å²) in [4.78, 5) is 25.1. The van der Waals surface area contributed by atoms with E-state index in [2.05, 4.69) is 5.10 Å². The fourth-order valence-corrected chi connectivity index (χ4v) is 2.29. The van der Waals surface area contributed by atoms with E-state index in [-0.39, 0.29) is 11.9 Å². The first kappa shape index (κ1) is 12.7. The Morgan fingerprint density at radius 3 is 2.94 bits per heavy atom. The molecule has 2 aliphatic rings. The lowest BCUT2D eigenvalue weighted by molar-refractivity contribution is -0.486. The van der Waals surface area contributed by atoms with E-state index in [4.69, 9.17) is 4.74 Å². The maximum absolute atomic E-state index is 11.4. The molecule has 2 saturated heterocycles. The number of guanidine groups is 1. The van der Waals surface area contributed by atoms with Gasteiger partial charge in [-0.15, -0.1) is 0 Å². The molecule has 1 amide bonds. The Labute approximate surface area is 104 Å². The molecule has 8 heteroatoms. The van der Waals surface area contributed by atoms with Crippen LogP contribution in [0.25, 0.3) is 0 Å². The molecule has 0 aromatic rings. The van der Waals surface area contributed by atoms with Crippen molar-refractivity contribution in [3.05, 3.63) is 10.1 Å². The molecule has 8 nitrogen and oxygen atoms in total. The van der Waals surface area contributed by atoms with Crippen LogP contribution in [0.3, 0.4) is 0 Å². The van der Waals surface area contributed by atoms with Crippen LogP contribution in [-0.4, -0.2) is 59.5 Å². The summed E-state index contributed by atoms with van der Waals surface area (Å²) in [6.45, 7) is 4.48. The minimum Gasteiger partial charge on any atom is -0.381 e. The van der Waals surface area contributed by atoms with Crippen molar-refractivity contribution in [2.24, 2.45) is 11.0 Å². The normalized spacial score (nSPS) is 26.1. The maximum Gasteiger partial charge on any atom is 0.280 e. The van der Waals surface area contributed by atoms with E-state index in [0.717, 1.165) is 13.0 Å². The van der Waals surface area contributed by atoms with Gasteiger partial charge in [-0.2, -0.15) is 0 Å². The Balaban J connectivity index is 2.09. The molecular formula is C10H16N4O4. The van der Waals surface area contributed by atoms with Gasteiger partial charge in [0.15, 0.2) is 5.03 Å². The minimum atomic E-state index is -0.755. The highest BCUT2D eigenvalue weighted by molar-refractivity contribution is 5.97. The van der Waals surface area contributed by atoms with Crippen LogP contribution >= 0.6 is 0 Å². The highest BCUT2D eigenvalue weighted by Crippen LogP contribution is 2.18. The number of rotatable bonds is 3. The number of hydrogen-bond acceptors (Lipinski definition) is 4. The first-order valence-corrected chi connectivity index (χ1v) is 5.91. The lowest BCUT2D eigenvalue weighted by Gasteiger charge is -2.21. The van der Waals surface area contributed by atoms with Gasteiger partial charge in [0, 0.05) is 39.1 Å². The summed E-state index contributed by atoms with van der Waals surface area (Å²) in [7, 11) is 0. The molecular weight excluding hydrogens is 240 g/mol. The largest absolute Gasteiger partial charge is 0.381 e. The second-order valence-electron chi connectivity index (χ2n) is 4.48. The Hall–Kier alpha value is -1.70. The number of nitro groups is 1. The van der Waals surface area contributed by atoms with E-state index in [0.29, 0.717) is 32.2 Å². The van der Waals surface area contributed by atoms with E-state index in [1.807, 2.05) is 0 Å². The number of amides is 1. The van der Waals surface area contributed by atoms with Crippen molar-refractivity contribution in [1.82, 2.24) is 9.80 Å². The highest BCUT2D eigenvalue weighted by Gasteiger charge is 2.34. The summed E-state index contributed by atoms with van der Waals surface area (Å²) >= 11 is 0. The highest BCUT2D eigenvalue weighted by atomic mass is 16.7. The molecule has 1 atom stereocenters. The third kappa shape index (κ3) is 2.76. The molecule has 2 aliphatic heterocycles. The zero-order chi connectivity index (χ0) is 13.1. The van der Waals surface area contributed by atoms with Gasteiger partial charge in [-0.25, -0.2) is 10.1 Å². The number of nitrogens with zero attached hydrogens (tertiary/aromatic N) is 4. The molecule has 0 bridgehead atoms. The van der Waals surface area contributed by atoms with Gasteiger partial charge < -0.3 is 9.64 Å². The fraction of sp³-hybridized carbons (Fsp3) is 0.800. The molecule has 0 aliphatic carbocycles. The van der Waals surface area contributed by atoms with Crippen LogP contribution in [0.4, 0.5) is 0 Å². The van der Waals surface area contributed by atoms with Gasteiger partial charge in [-0.3, -0.25) is 9.69 Å². The average molecular weight is 256 g/mol. The van der Waals surface area contributed by atoms with E-state index >= 15 is 0 Å². The predicted molar refractivity (Wildman–Crippen MR) is 62.3 cm³/mol. The number of carbonyl (C=O) groups excluding carboxylic acids is 1. The Morgan fingerprint density at radius 2 is 2.39 bits per heavy atom. The van der Waals surface area contributed by atoms with Crippen molar-refractivity contribution in [2.45, 2.75) is 13.3 Å². The molecule has 0 aromatic carbocycles. The van der Waals surface area contributed by atoms with Crippen LogP contribution in [0, 0.1) is 16.0 Å². The molecule has 2 heterocycles. The Morgan fingerprint density at radius 1 is 1.61 bits per heavy atom. The standard InChI is InChI=1S/C10H16N4O4/c1-8(15)13-4-3-12(10(13)11-14(16)17)6-9-2-5-18-7-9/h9H,2-7H2,1H3/b11-10+. The number of hydrazone groups is 1. The van der Waals surface area contributed by atoms with Crippen molar-refractivity contribution < 1.29 is 14.6 Å². The van der Waals surface area contributed by atoms with Crippen molar-refractivity contribution in [3.63, 3.8) is 0 Å². The fourth-order valence-electron chi connectivity index (χ4n) is 2.29. The molecule has 0 radical (unpaired) electrons.